The van der Waals surface area contributed by atoms with E-state index in [9.17, 15) is 9.90 Å². The molecule has 6 heteroatoms. The molecule has 0 radical (unpaired) electrons. The van der Waals surface area contributed by atoms with Crippen molar-refractivity contribution in [3.63, 3.8) is 0 Å². The Balaban J connectivity index is 1.44. The van der Waals surface area contributed by atoms with Crippen LogP contribution in [0.2, 0.25) is 0 Å². The number of nitrogens with zero attached hydrogens (tertiary/aromatic N) is 1. The molecule has 2 aliphatic carbocycles. The average molecular weight is 380 g/mol. The monoisotopic (exact) mass is 379 g/mol. The Labute approximate surface area is 163 Å². The number of nitrogens with one attached hydrogen (secondary N) is 2. The lowest BCUT2D eigenvalue weighted by molar-refractivity contribution is -0.137. The third kappa shape index (κ3) is 7.07. The molecule has 3 rings (SSSR count). The van der Waals surface area contributed by atoms with Crippen molar-refractivity contribution in [2.75, 3.05) is 6.54 Å². The number of hydrogen-bond donors (Lipinski definition) is 3. The first kappa shape index (κ1) is 20.6. The topological polar surface area (TPSA) is 83.0 Å². The van der Waals surface area contributed by atoms with Crippen LogP contribution in [0.25, 0.3) is 0 Å². The zero-order valence-electron chi connectivity index (χ0n) is 16.6. The highest BCUT2D eigenvalue weighted by Gasteiger charge is 2.28. The van der Waals surface area contributed by atoms with Crippen molar-refractivity contribution in [2.45, 2.75) is 102 Å². The second kappa shape index (κ2) is 11.0. The fraction of sp³-hybridized carbons (Fsp3) is 0.905. The third-order valence-electron chi connectivity index (χ3n) is 6.45. The first-order valence-electron chi connectivity index (χ1n) is 11.2. The molecule has 3 aliphatic rings. The first-order valence-corrected chi connectivity index (χ1v) is 11.2. The molecule has 0 amide bonds. The second-order valence-electron chi connectivity index (χ2n) is 8.68. The molecule has 2 unspecified atom stereocenters. The number of aliphatic carboxylic acids is 1. The quantitative estimate of drug-likeness (QED) is 0.534. The summed E-state index contributed by atoms with van der Waals surface area (Å²) >= 11 is 0. The van der Waals surface area contributed by atoms with Crippen LogP contribution in [0.4, 0.5) is 0 Å². The molecule has 2 saturated carbocycles. The highest BCUT2D eigenvalue weighted by molar-refractivity contribution is 5.83. The van der Waals surface area contributed by atoms with Gasteiger partial charge in [-0.05, 0) is 25.2 Å². The number of carboxylic acid groups (broad SMARTS) is 1. The lowest BCUT2D eigenvalue weighted by Crippen LogP contribution is -2.40. The van der Waals surface area contributed by atoms with Crippen molar-refractivity contribution >= 4 is 11.9 Å². The van der Waals surface area contributed by atoms with Gasteiger partial charge in [-0.3, -0.25) is 4.79 Å². The summed E-state index contributed by atoms with van der Waals surface area (Å²) in [6.45, 7) is 0.746. The summed E-state index contributed by atoms with van der Waals surface area (Å²) in [4.78, 5) is 21.6. The predicted molar refractivity (Wildman–Crippen MR) is 106 cm³/mol. The highest BCUT2D eigenvalue weighted by atomic mass is 16.7. The maximum atomic E-state index is 11.3. The van der Waals surface area contributed by atoms with Crippen LogP contribution in [0.1, 0.15) is 89.9 Å². The molecule has 0 spiro atoms. The van der Waals surface area contributed by atoms with Crippen LogP contribution in [0.15, 0.2) is 4.99 Å². The van der Waals surface area contributed by atoms with Gasteiger partial charge in [-0.2, -0.15) is 0 Å². The van der Waals surface area contributed by atoms with E-state index in [-0.39, 0.29) is 18.5 Å². The minimum Gasteiger partial charge on any atom is -0.481 e. The Kier molecular flexibility index (Phi) is 8.39. The molecule has 0 aromatic heterocycles. The summed E-state index contributed by atoms with van der Waals surface area (Å²) in [5.41, 5.74) is 2.98. The van der Waals surface area contributed by atoms with Crippen molar-refractivity contribution in [3.8, 4) is 0 Å². The molecule has 2 fully saturated rings. The van der Waals surface area contributed by atoms with Gasteiger partial charge in [0.1, 0.15) is 6.17 Å². The van der Waals surface area contributed by atoms with Crippen LogP contribution in [-0.4, -0.2) is 35.7 Å². The lowest BCUT2D eigenvalue weighted by Gasteiger charge is -2.23. The SMILES string of the molecule is O=C(O)CC(CCCC1CCCCC1)C1=NC(CNC2CCCCC2)NO1. The Morgan fingerprint density at radius 2 is 1.85 bits per heavy atom. The minimum absolute atomic E-state index is 0.100. The largest absolute Gasteiger partial charge is 0.481 e. The van der Waals surface area contributed by atoms with Gasteiger partial charge in [-0.25, -0.2) is 4.99 Å². The lowest BCUT2D eigenvalue weighted by atomic mass is 9.84. The smallest absolute Gasteiger partial charge is 0.304 e. The average Bonchev–Trinajstić information content (AvgIpc) is 3.16. The Morgan fingerprint density at radius 1 is 1.15 bits per heavy atom. The molecule has 3 N–H and O–H groups in total. The Morgan fingerprint density at radius 3 is 2.56 bits per heavy atom. The van der Waals surface area contributed by atoms with E-state index in [1.807, 2.05) is 0 Å². The maximum absolute atomic E-state index is 11.3. The van der Waals surface area contributed by atoms with Crippen molar-refractivity contribution in [3.05, 3.63) is 0 Å². The van der Waals surface area contributed by atoms with E-state index >= 15 is 0 Å². The van der Waals surface area contributed by atoms with E-state index in [1.54, 1.807) is 0 Å². The molecule has 6 nitrogen and oxygen atoms in total. The van der Waals surface area contributed by atoms with Crippen LogP contribution in [0.5, 0.6) is 0 Å². The van der Waals surface area contributed by atoms with E-state index < -0.39 is 5.97 Å². The molecule has 0 aromatic carbocycles. The van der Waals surface area contributed by atoms with Crippen LogP contribution in [0, 0.1) is 11.8 Å². The standard InChI is InChI=1S/C21H37N3O3/c25-20(26)14-17(11-7-10-16-8-3-1-4-9-16)21-23-19(24-27-21)15-22-18-12-5-2-6-13-18/h16-19,22,24H,1-15H2,(H,25,26). The van der Waals surface area contributed by atoms with E-state index in [0.29, 0.717) is 11.9 Å². The zero-order chi connectivity index (χ0) is 18.9. The molecular formula is C21H37N3O3. The fourth-order valence-electron chi connectivity index (χ4n) is 4.85. The van der Waals surface area contributed by atoms with E-state index in [0.717, 1.165) is 25.3 Å². The summed E-state index contributed by atoms with van der Waals surface area (Å²) in [6, 6.07) is 0.588. The number of carbonyl (C=O) groups is 1. The minimum atomic E-state index is -0.771. The van der Waals surface area contributed by atoms with Crippen molar-refractivity contribution in [2.24, 2.45) is 16.8 Å². The summed E-state index contributed by atoms with van der Waals surface area (Å²) in [5.74, 6) is 0.545. The van der Waals surface area contributed by atoms with Crippen LogP contribution in [0.3, 0.4) is 0 Å². The summed E-state index contributed by atoms with van der Waals surface area (Å²) in [6.07, 6.45) is 16.4. The Bertz CT molecular complexity index is 485. The number of carboxylic acids is 1. The van der Waals surface area contributed by atoms with Crippen molar-refractivity contribution < 1.29 is 14.7 Å². The predicted octanol–water partition coefficient (Wildman–Crippen LogP) is 4.01. The van der Waals surface area contributed by atoms with E-state index in [1.165, 1.54) is 70.6 Å². The third-order valence-corrected chi connectivity index (χ3v) is 6.45. The Hall–Kier alpha value is -1.14. The molecule has 2 atom stereocenters. The van der Waals surface area contributed by atoms with Gasteiger partial charge in [-0.1, -0.05) is 64.2 Å². The summed E-state index contributed by atoms with van der Waals surface area (Å²) < 4.78 is 0. The molecule has 154 valence electrons. The number of hydrogen-bond acceptors (Lipinski definition) is 5. The number of rotatable bonds is 10. The van der Waals surface area contributed by atoms with Crippen molar-refractivity contribution in [1.29, 1.82) is 0 Å². The summed E-state index contributed by atoms with van der Waals surface area (Å²) in [5, 5.41) is 12.9. The molecule has 0 aromatic rings. The van der Waals surface area contributed by atoms with Gasteiger partial charge >= 0.3 is 5.97 Å². The molecular weight excluding hydrogens is 342 g/mol. The van der Waals surface area contributed by atoms with Crippen LogP contribution in [-0.2, 0) is 9.63 Å². The fourth-order valence-corrected chi connectivity index (χ4v) is 4.85. The van der Waals surface area contributed by atoms with Crippen LogP contribution >= 0.6 is 0 Å². The number of aliphatic imine (C=N–C) groups is 1. The van der Waals surface area contributed by atoms with Gasteiger partial charge in [-0.15, -0.1) is 5.48 Å². The second-order valence-corrected chi connectivity index (χ2v) is 8.68. The normalized spacial score (nSPS) is 25.8. The van der Waals surface area contributed by atoms with Crippen LogP contribution < -0.4 is 10.8 Å². The molecule has 0 bridgehead atoms. The van der Waals surface area contributed by atoms with Crippen molar-refractivity contribution in [1.82, 2.24) is 10.8 Å². The first-order chi connectivity index (χ1) is 13.2. The number of hydroxylamine groups is 1. The van der Waals surface area contributed by atoms with Gasteiger partial charge in [0.05, 0.1) is 6.42 Å². The van der Waals surface area contributed by atoms with Gasteiger partial charge < -0.3 is 15.3 Å². The highest BCUT2D eigenvalue weighted by Crippen LogP contribution is 2.29. The van der Waals surface area contributed by atoms with Gasteiger partial charge in [0.15, 0.2) is 0 Å². The molecule has 27 heavy (non-hydrogen) atoms. The molecule has 1 heterocycles. The van der Waals surface area contributed by atoms with Gasteiger partial charge in [0.25, 0.3) is 0 Å². The van der Waals surface area contributed by atoms with Gasteiger partial charge in [0, 0.05) is 18.5 Å². The van der Waals surface area contributed by atoms with Gasteiger partial charge in [0.2, 0.25) is 5.90 Å². The summed E-state index contributed by atoms with van der Waals surface area (Å²) in [7, 11) is 0. The van der Waals surface area contributed by atoms with E-state index in [4.69, 9.17) is 4.84 Å². The van der Waals surface area contributed by atoms with E-state index in [2.05, 4.69) is 15.8 Å². The maximum Gasteiger partial charge on any atom is 0.304 e. The molecule has 1 aliphatic heterocycles. The zero-order valence-corrected chi connectivity index (χ0v) is 16.6. The molecule has 0 saturated heterocycles.